The molecule has 0 bridgehead atoms. The Morgan fingerprint density at radius 3 is 2.77 bits per heavy atom. The summed E-state index contributed by atoms with van der Waals surface area (Å²) in [6.45, 7) is 0. The first-order chi connectivity index (χ1) is 6.24. The predicted molar refractivity (Wildman–Crippen MR) is 49.5 cm³/mol. The molecule has 0 atom stereocenters. The smallest absolute Gasteiger partial charge is 0.126 e. The Hall–Kier alpha value is -1.31. The second kappa shape index (κ2) is 2.87. The van der Waals surface area contributed by atoms with Crippen molar-refractivity contribution in [1.29, 1.82) is 0 Å². The Morgan fingerprint density at radius 1 is 1.46 bits per heavy atom. The van der Waals surface area contributed by atoms with E-state index >= 15 is 0 Å². The van der Waals surface area contributed by atoms with Crippen molar-refractivity contribution >= 4 is 6.29 Å². The van der Waals surface area contributed by atoms with Crippen LogP contribution in [-0.2, 0) is 11.2 Å². The second-order valence-electron chi connectivity index (χ2n) is 3.83. The van der Waals surface area contributed by atoms with Crippen LogP contribution in [0.4, 0.5) is 0 Å². The molecule has 13 heavy (non-hydrogen) atoms. The third-order valence-electron chi connectivity index (χ3n) is 2.61. The average molecular weight is 176 g/mol. The highest BCUT2D eigenvalue weighted by Gasteiger charge is 2.42. The summed E-state index contributed by atoms with van der Waals surface area (Å²) < 4.78 is 0. The minimum absolute atomic E-state index is 0.103. The highest BCUT2D eigenvalue weighted by molar-refractivity contribution is 5.64. The zero-order valence-electron chi connectivity index (χ0n) is 7.36. The number of phenols is 1. The molecule has 0 heterocycles. The molecule has 2 rings (SSSR count). The van der Waals surface area contributed by atoms with Crippen LogP contribution in [0.15, 0.2) is 24.3 Å². The van der Waals surface area contributed by atoms with Gasteiger partial charge >= 0.3 is 0 Å². The summed E-state index contributed by atoms with van der Waals surface area (Å²) >= 11 is 0. The zero-order valence-corrected chi connectivity index (χ0v) is 7.36. The number of carbonyl (C=O) groups is 1. The lowest BCUT2D eigenvalue weighted by Crippen LogP contribution is -2.05. The van der Waals surface area contributed by atoms with E-state index in [4.69, 9.17) is 0 Å². The maximum Gasteiger partial charge on any atom is 0.126 e. The number of hydrogen-bond acceptors (Lipinski definition) is 2. The summed E-state index contributed by atoms with van der Waals surface area (Å²) in [4.78, 5) is 10.7. The van der Waals surface area contributed by atoms with Crippen molar-refractivity contribution in [3.8, 4) is 5.75 Å². The van der Waals surface area contributed by atoms with E-state index < -0.39 is 0 Å². The minimum Gasteiger partial charge on any atom is -0.508 e. The molecule has 1 aliphatic rings. The summed E-state index contributed by atoms with van der Waals surface area (Å²) in [5.74, 6) is 0.277. The van der Waals surface area contributed by atoms with E-state index in [-0.39, 0.29) is 11.2 Å². The van der Waals surface area contributed by atoms with Gasteiger partial charge in [-0.15, -0.1) is 0 Å². The van der Waals surface area contributed by atoms with Crippen molar-refractivity contribution in [2.45, 2.75) is 19.3 Å². The molecule has 1 fully saturated rings. The molecule has 2 heteroatoms. The van der Waals surface area contributed by atoms with E-state index in [9.17, 15) is 9.90 Å². The molecular formula is C11H12O2. The minimum atomic E-state index is -0.103. The molecule has 0 radical (unpaired) electrons. The summed E-state index contributed by atoms with van der Waals surface area (Å²) in [5, 5.41) is 9.21. The Morgan fingerprint density at radius 2 is 2.23 bits per heavy atom. The van der Waals surface area contributed by atoms with Crippen LogP contribution >= 0.6 is 0 Å². The monoisotopic (exact) mass is 176 g/mol. The van der Waals surface area contributed by atoms with Gasteiger partial charge in [0.1, 0.15) is 12.0 Å². The average Bonchev–Trinajstić information content (AvgIpc) is 2.86. The molecule has 0 saturated heterocycles. The Bertz CT molecular complexity index is 327. The standard InChI is InChI=1S/C11H12O2/c12-8-11(4-5-11)7-9-2-1-3-10(13)6-9/h1-3,6,8,13H,4-5,7H2. The lowest BCUT2D eigenvalue weighted by molar-refractivity contribution is -0.112. The van der Waals surface area contributed by atoms with E-state index in [1.807, 2.05) is 12.1 Å². The van der Waals surface area contributed by atoms with Gasteiger partial charge in [-0.25, -0.2) is 0 Å². The van der Waals surface area contributed by atoms with Gasteiger partial charge in [0.15, 0.2) is 0 Å². The first-order valence-electron chi connectivity index (χ1n) is 4.48. The molecule has 1 aromatic rings. The van der Waals surface area contributed by atoms with Crippen molar-refractivity contribution < 1.29 is 9.90 Å². The van der Waals surface area contributed by atoms with Gasteiger partial charge in [-0.2, -0.15) is 0 Å². The van der Waals surface area contributed by atoms with Gasteiger partial charge < -0.3 is 9.90 Å². The van der Waals surface area contributed by atoms with Gasteiger partial charge in [-0.1, -0.05) is 12.1 Å². The largest absolute Gasteiger partial charge is 0.508 e. The normalized spacial score (nSPS) is 18.2. The third-order valence-corrected chi connectivity index (χ3v) is 2.61. The molecular weight excluding hydrogens is 164 g/mol. The quantitative estimate of drug-likeness (QED) is 0.714. The number of aromatic hydroxyl groups is 1. The number of rotatable bonds is 3. The molecule has 68 valence electrons. The maximum atomic E-state index is 10.7. The van der Waals surface area contributed by atoms with E-state index in [1.54, 1.807) is 12.1 Å². The fraction of sp³-hybridized carbons (Fsp3) is 0.364. The number of benzene rings is 1. The molecule has 0 aliphatic heterocycles. The maximum absolute atomic E-state index is 10.7. The molecule has 1 aliphatic carbocycles. The van der Waals surface area contributed by atoms with Gasteiger partial charge in [0.2, 0.25) is 0 Å². The summed E-state index contributed by atoms with van der Waals surface area (Å²) in [5.41, 5.74) is 0.943. The zero-order chi connectivity index (χ0) is 9.31. The molecule has 0 unspecified atom stereocenters. The van der Waals surface area contributed by atoms with E-state index in [2.05, 4.69) is 0 Å². The molecule has 1 aromatic carbocycles. The fourth-order valence-electron chi connectivity index (χ4n) is 1.57. The lowest BCUT2D eigenvalue weighted by Gasteiger charge is -2.06. The Kier molecular flexibility index (Phi) is 1.83. The highest BCUT2D eigenvalue weighted by Crippen LogP contribution is 2.46. The first kappa shape index (κ1) is 8.30. The van der Waals surface area contributed by atoms with Gasteiger partial charge in [0.05, 0.1) is 0 Å². The summed E-state index contributed by atoms with van der Waals surface area (Å²) in [6.07, 6.45) is 3.81. The highest BCUT2D eigenvalue weighted by atomic mass is 16.3. The predicted octanol–water partition coefficient (Wildman–Crippen LogP) is 1.91. The number of carbonyl (C=O) groups excluding carboxylic acids is 1. The van der Waals surface area contributed by atoms with Crippen molar-refractivity contribution in [2.75, 3.05) is 0 Å². The van der Waals surface area contributed by atoms with E-state index in [1.165, 1.54) is 0 Å². The van der Waals surface area contributed by atoms with Crippen LogP contribution in [0.2, 0.25) is 0 Å². The molecule has 0 spiro atoms. The lowest BCUT2D eigenvalue weighted by atomic mass is 9.98. The van der Waals surface area contributed by atoms with E-state index in [0.29, 0.717) is 0 Å². The Labute approximate surface area is 77.2 Å². The number of hydrogen-bond donors (Lipinski definition) is 1. The first-order valence-corrected chi connectivity index (χ1v) is 4.48. The van der Waals surface area contributed by atoms with Crippen LogP contribution < -0.4 is 0 Å². The Balaban J connectivity index is 2.14. The van der Waals surface area contributed by atoms with Crippen LogP contribution in [0.5, 0.6) is 5.75 Å². The van der Waals surface area contributed by atoms with Gasteiger partial charge in [0, 0.05) is 5.41 Å². The van der Waals surface area contributed by atoms with Crippen molar-refractivity contribution in [2.24, 2.45) is 5.41 Å². The van der Waals surface area contributed by atoms with Gasteiger partial charge in [0.25, 0.3) is 0 Å². The molecule has 1 saturated carbocycles. The molecule has 2 nitrogen and oxygen atoms in total. The molecule has 1 N–H and O–H groups in total. The third kappa shape index (κ3) is 1.72. The van der Waals surface area contributed by atoms with Crippen LogP contribution in [-0.4, -0.2) is 11.4 Å². The summed E-state index contributed by atoms with van der Waals surface area (Å²) in [7, 11) is 0. The van der Waals surface area contributed by atoms with Crippen molar-refractivity contribution in [3.05, 3.63) is 29.8 Å². The molecule has 0 amide bonds. The van der Waals surface area contributed by atoms with E-state index in [0.717, 1.165) is 31.1 Å². The fourth-order valence-corrected chi connectivity index (χ4v) is 1.57. The van der Waals surface area contributed by atoms with Crippen LogP contribution in [0.1, 0.15) is 18.4 Å². The van der Waals surface area contributed by atoms with Crippen molar-refractivity contribution in [3.63, 3.8) is 0 Å². The van der Waals surface area contributed by atoms with Crippen molar-refractivity contribution in [1.82, 2.24) is 0 Å². The SMILES string of the molecule is O=CC1(Cc2cccc(O)c2)CC1. The number of aldehydes is 1. The topological polar surface area (TPSA) is 37.3 Å². The van der Waals surface area contributed by atoms with Gasteiger partial charge in [-0.3, -0.25) is 0 Å². The molecule has 0 aromatic heterocycles. The van der Waals surface area contributed by atoms with Crippen LogP contribution in [0.3, 0.4) is 0 Å². The van der Waals surface area contributed by atoms with Gasteiger partial charge in [-0.05, 0) is 37.0 Å². The number of phenolic OH excluding ortho intramolecular Hbond substituents is 1. The summed E-state index contributed by atoms with van der Waals surface area (Å²) in [6, 6.07) is 7.13. The van der Waals surface area contributed by atoms with Crippen LogP contribution in [0, 0.1) is 5.41 Å². The second-order valence-corrected chi connectivity index (χ2v) is 3.83. The van der Waals surface area contributed by atoms with Crippen LogP contribution in [0.25, 0.3) is 0 Å².